The first-order valence-corrected chi connectivity index (χ1v) is 8.38. The first-order valence-electron chi connectivity index (χ1n) is 7.62. The van der Waals surface area contributed by atoms with Gasteiger partial charge in [0, 0.05) is 34.2 Å². The second-order valence-corrected chi connectivity index (χ2v) is 6.18. The minimum atomic E-state index is -0.264. The molecule has 25 heavy (non-hydrogen) atoms. The van der Waals surface area contributed by atoms with Gasteiger partial charge in [0.05, 0.1) is 0 Å². The van der Waals surface area contributed by atoms with Gasteiger partial charge in [-0.25, -0.2) is 0 Å². The molecule has 0 aliphatic rings. The number of nitrogens with zero attached hydrogens (tertiary/aromatic N) is 1. The van der Waals surface area contributed by atoms with Gasteiger partial charge in [-0.3, -0.25) is 9.78 Å². The Morgan fingerprint density at radius 2 is 1.72 bits per heavy atom. The van der Waals surface area contributed by atoms with E-state index in [1.54, 1.807) is 36.5 Å². The van der Waals surface area contributed by atoms with E-state index < -0.39 is 0 Å². The summed E-state index contributed by atoms with van der Waals surface area (Å²) < 4.78 is 0. The molecule has 0 bridgehead atoms. The zero-order valence-electron chi connectivity index (χ0n) is 13.2. The first kappa shape index (κ1) is 17.3. The van der Waals surface area contributed by atoms with E-state index in [0.717, 1.165) is 16.9 Å². The van der Waals surface area contributed by atoms with Gasteiger partial charge in [0.1, 0.15) is 5.69 Å². The van der Waals surface area contributed by atoms with Crippen molar-refractivity contribution in [3.63, 3.8) is 0 Å². The van der Waals surface area contributed by atoms with Gasteiger partial charge < -0.3 is 10.6 Å². The van der Waals surface area contributed by atoms with Gasteiger partial charge in [0.25, 0.3) is 5.91 Å². The Balaban J connectivity index is 1.67. The van der Waals surface area contributed by atoms with Crippen molar-refractivity contribution in [2.45, 2.75) is 6.54 Å². The summed E-state index contributed by atoms with van der Waals surface area (Å²) in [6.45, 7) is 0.342. The third-order valence-corrected chi connectivity index (χ3v) is 4.14. The number of hydrogen-bond donors (Lipinski definition) is 2. The van der Waals surface area contributed by atoms with Crippen molar-refractivity contribution in [2.75, 3.05) is 5.32 Å². The highest BCUT2D eigenvalue weighted by Crippen LogP contribution is 2.19. The number of benzene rings is 2. The van der Waals surface area contributed by atoms with Gasteiger partial charge in [-0.05, 0) is 48.0 Å². The lowest BCUT2D eigenvalue weighted by Gasteiger charge is -2.09. The average molecular weight is 372 g/mol. The van der Waals surface area contributed by atoms with Crippen molar-refractivity contribution in [3.05, 3.63) is 88.2 Å². The highest BCUT2D eigenvalue weighted by atomic mass is 35.5. The van der Waals surface area contributed by atoms with Gasteiger partial charge in [0.15, 0.2) is 0 Å². The van der Waals surface area contributed by atoms with Gasteiger partial charge in [-0.1, -0.05) is 41.4 Å². The molecule has 0 spiro atoms. The summed E-state index contributed by atoms with van der Waals surface area (Å²) >= 11 is 12.0. The van der Waals surface area contributed by atoms with E-state index in [-0.39, 0.29) is 5.91 Å². The van der Waals surface area contributed by atoms with Crippen molar-refractivity contribution >= 4 is 40.5 Å². The largest absolute Gasteiger partial charge is 0.355 e. The van der Waals surface area contributed by atoms with E-state index in [2.05, 4.69) is 15.6 Å². The third kappa shape index (κ3) is 4.72. The predicted molar refractivity (Wildman–Crippen MR) is 102 cm³/mol. The van der Waals surface area contributed by atoms with Gasteiger partial charge >= 0.3 is 0 Å². The zero-order chi connectivity index (χ0) is 17.6. The Kier molecular flexibility index (Phi) is 5.53. The second kappa shape index (κ2) is 8.01. The average Bonchev–Trinajstić information content (AvgIpc) is 2.63. The molecule has 2 aromatic carbocycles. The van der Waals surface area contributed by atoms with E-state index in [9.17, 15) is 4.79 Å². The Morgan fingerprint density at radius 3 is 2.48 bits per heavy atom. The van der Waals surface area contributed by atoms with Crippen molar-refractivity contribution < 1.29 is 4.79 Å². The molecule has 0 saturated heterocycles. The Bertz CT molecular complexity index is 882. The van der Waals surface area contributed by atoms with Crippen LogP contribution in [-0.2, 0) is 6.54 Å². The smallest absolute Gasteiger partial charge is 0.270 e. The summed E-state index contributed by atoms with van der Waals surface area (Å²) in [7, 11) is 0. The number of carbonyl (C=O) groups excluding carboxylic acids is 1. The number of carbonyl (C=O) groups is 1. The molecule has 1 amide bonds. The number of rotatable bonds is 5. The summed E-state index contributed by atoms with van der Waals surface area (Å²) in [6, 6.07) is 18.2. The Hall–Kier alpha value is -2.56. The molecule has 126 valence electrons. The number of amides is 1. The maximum Gasteiger partial charge on any atom is 0.270 e. The third-order valence-electron chi connectivity index (χ3n) is 3.52. The van der Waals surface area contributed by atoms with E-state index in [1.165, 1.54) is 0 Å². The summed E-state index contributed by atoms with van der Waals surface area (Å²) in [5.41, 5.74) is 2.82. The number of pyridine rings is 1. The molecular weight excluding hydrogens is 357 g/mol. The molecule has 0 saturated carbocycles. The van der Waals surface area contributed by atoms with Crippen LogP contribution in [0, 0.1) is 0 Å². The molecular formula is C19H15Cl2N3O. The molecule has 0 unspecified atom stereocenters. The summed E-state index contributed by atoms with van der Waals surface area (Å²) in [6.07, 6.45) is 1.59. The Morgan fingerprint density at radius 1 is 0.960 bits per heavy atom. The van der Waals surface area contributed by atoms with Crippen LogP contribution < -0.4 is 10.6 Å². The minimum Gasteiger partial charge on any atom is -0.355 e. The number of halogens is 2. The maximum atomic E-state index is 12.3. The highest BCUT2D eigenvalue weighted by molar-refractivity contribution is 6.31. The summed E-state index contributed by atoms with van der Waals surface area (Å²) in [5, 5.41) is 7.32. The molecule has 0 fully saturated rings. The van der Waals surface area contributed by atoms with Crippen molar-refractivity contribution in [2.24, 2.45) is 0 Å². The standard InChI is InChI=1S/C19H15Cl2N3O/c20-14-5-7-15(8-6-14)24-16-9-10-22-18(11-16)19(25)23-12-13-3-1-2-4-17(13)21/h1-11H,12H2,(H,22,24)(H,23,25). The van der Waals surface area contributed by atoms with Crippen molar-refractivity contribution in [1.82, 2.24) is 10.3 Å². The molecule has 3 aromatic rings. The lowest BCUT2D eigenvalue weighted by molar-refractivity contribution is 0.0946. The quantitative estimate of drug-likeness (QED) is 0.658. The van der Waals surface area contributed by atoms with Crippen LogP contribution in [0.4, 0.5) is 11.4 Å². The minimum absolute atomic E-state index is 0.264. The normalized spacial score (nSPS) is 10.3. The summed E-state index contributed by atoms with van der Waals surface area (Å²) in [5.74, 6) is -0.264. The number of anilines is 2. The van der Waals surface area contributed by atoms with Gasteiger partial charge in [0.2, 0.25) is 0 Å². The van der Waals surface area contributed by atoms with E-state index in [1.807, 2.05) is 30.3 Å². The van der Waals surface area contributed by atoms with Crippen LogP contribution in [0.15, 0.2) is 66.9 Å². The van der Waals surface area contributed by atoms with Crippen LogP contribution in [0.25, 0.3) is 0 Å². The van der Waals surface area contributed by atoms with Crippen molar-refractivity contribution in [3.8, 4) is 0 Å². The Labute approximate surface area is 155 Å². The molecule has 1 heterocycles. The van der Waals surface area contributed by atoms with E-state index in [0.29, 0.717) is 22.3 Å². The van der Waals surface area contributed by atoms with Crippen molar-refractivity contribution in [1.29, 1.82) is 0 Å². The second-order valence-electron chi connectivity index (χ2n) is 5.34. The lowest BCUT2D eigenvalue weighted by atomic mass is 10.2. The van der Waals surface area contributed by atoms with Crippen LogP contribution in [0.2, 0.25) is 10.0 Å². The molecule has 0 atom stereocenters. The van der Waals surface area contributed by atoms with Crippen LogP contribution in [0.1, 0.15) is 16.1 Å². The molecule has 1 aromatic heterocycles. The fourth-order valence-electron chi connectivity index (χ4n) is 2.24. The van der Waals surface area contributed by atoms with Crippen LogP contribution in [0.3, 0.4) is 0 Å². The maximum absolute atomic E-state index is 12.3. The molecule has 3 rings (SSSR count). The van der Waals surface area contributed by atoms with Gasteiger partial charge in [-0.15, -0.1) is 0 Å². The molecule has 4 nitrogen and oxygen atoms in total. The van der Waals surface area contributed by atoms with E-state index >= 15 is 0 Å². The highest BCUT2D eigenvalue weighted by Gasteiger charge is 2.09. The van der Waals surface area contributed by atoms with E-state index in [4.69, 9.17) is 23.2 Å². The predicted octanol–water partition coefficient (Wildman–Crippen LogP) is 5.06. The van der Waals surface area contributed by atoms with Crippen LogP contribution in [-0.4, -0.2) is 10.9 Å². The molecule has 6 heteroatoms. The van der Waals surface area contributed by atoms with Crippen LogP contribution in [0.5, 0.6) is 0 Å². The number of hydrogen-bond acceptors (Lipinski definition) is 3. The molecule has 0 aliphatic heterocycles. The fourth-order valence-corrected chi connectivity index (χ4v) is 2.57. The monoisotopic (exact) mass is 371 g/mol. The van der Waals surface area contributed by atoms with Crippen LogP contribution >= 0.6 is 23.2 Å². The topological polar surface area (TPSA) is 54.0 Å². The lowest BCUT2D eigenvalue weighted by Crippen LogP contribution is -2.24. The number of aromatic nitrogens is 1. The zero-order valence-corrected chi connectivity index (χ0v) is 14.7. The van der Waals surface area contributed by atoms with Gasteiger partial charge in [-0.2, -0.15) is 0 Å². The molecule has 0 aliphatic carbocycles. The fraction of sp³-hybridized carbons (Fsp3) is 0.0526. The molecule has 2 N–H and O–H groups in total. The number of nitrogens with one attached hydrogen (secondary N) is 2. The SMILES string of the molecule is O=C(NCc1ccccc1Cl)c1cc(Nc2ccc(Cl)cc2)ccn1. The summed E-state index contributed by atoms with van der Waals surface area (Å²) in [4.78, 5) is 16.4. The first-order chi connectivity index (χ1) is 12.1. The molecule has 0 radical (unpaired) electrons.